The van der Waals surface area contributed by atoms with Gasteiger partial charge in [0.2, 0.25) is 5.13 Å². The van der Waals surface area contributed by atoms with Crippen LogP contribution >= 0.6 is 11.3 Å². The summed E-state index contributed by atoms with van der Waals surface area (Å²) in [6.45, 7) is 0. The van der Waals surface area contributed by atoms with E-state index in [0.717, 1.165) is 60.2 Å². The molecule has 0 radical (unpaired) electrons. The number of hydrogen-bond donors (Lipinski definition) is 3. The molecule has 2 aromatic heterocycles. The van der Waals surface area contributed by atoms with Crippen LogP contribution in [0.4, 0.5) is 4.39 Å². The van der Waals surface area contributed by atoms with E-state index in [1.54, 1.807) is 10.7 Å². The van der Waals surface area contributed by atoms with Gasteiger partial charge in [0.1, 0.15) is 5.82 Å². The van der Waals surface area contributed by atoms with Crippen LogP contribution in [-0.2, 0) is 23.0 Å². The summed E-state index contributed by atoms with van der Waals surface area (Å²) in [6.07, 6.45) is 9.44. The number of aromatic nitrogens is 3. The number of aromatic carboxylic acids is 1. The predicted molar refractivity (Wildman–Crippen MR) is 164 cm³/mol. The molecule has 2 aliphatic carbocycles. The molecule has 2 saturated carbocycles. The van der Waals surface area contributed by atoms with E-state index >= 15 is 4.39 Å². The van der Waals surface area contributed by atoms with Crippen LogP contribution in [0.1, 0.15) is 71.4 Å². The average Bonchev–Trinajstić information content (AvgIpc) is 3.30. The van der Waals surface area contributed by atoms with Crippen LogP contribution in [0.15, 0.2) is 52.7 Å². The van der Waals surface area contributed by atoms with Crippen molar-refractivity contribution >= 4 is 27.4 Å². The normalized spacial score (nSPS) is 15.9. The van der Waals surface area contributed by atoms with Crippen LogP contribution < -0.4 is 5.14 Å². The summed E-state index contributed by atoms with van der Waals surface area (Å²) < 4.78 is 29.2. The van der Waals surface area contributed by atoms with E-state index in [9.17, 15) is 14.1 Å². The molecule has 0 spiro atoms. The number of thiol groups is 1. The molecule has 4 aromatic rings. The van der Waals surface area contributed by atoms with E-state index < -0.39 is 21.9 Å². The quantitative estimate of drug-likeness (QED) is 0.174. The molecule has 0 amide bonds. The van der Waals surface area contributed by atoms with Crippen molar-refractivity contribution in [3.8, 4) is 28.2 Å². The van der Waals surface area contributed by atoms with Crippen molar-refractivity contribution in [2.45, 2.75) is 56.3 Å². The molecule has 0 bridgehead atoms. The van der Waals surface area contributed by atoms with Crippen LogP contribution in [0.3, 0.4) is 0 Å². The Balaban J connectivity index is 1.47. The fraction of sp³-hybridized carbons (Fsp3) is 0.344. The second kappa shape index (κ2) is 11.6. The third kappa shape index (κ3) is 6.24. The Morgan fingerprint density at radius 2 is 1.98 bits per heavy atom. The minimum absolute atomic E-state index is 0.0258. The van der Waals surface area contributed by atoms with Crippen LogP contribution in [0.5, 0.6) is 0 Å². The number of benzene rings is 2. The van der Waals surface area contributed by atoms with Crippen molar-refractivity contribution in [2.24, 2.45) is 17.0 Å². The Kier molecular flexibility index (Phi) is 7.83. The molecule has 0 saturated heterocycles. The number of carboxylic acids is 1. The minimum atomic E-state index is -3.26. The molecule has 2 heterocycles. The van der Waals surface area contributed by atoms with Gasteiger partial charge in [-0.2, -0.15) is 5.10 Å². The highest BCUT2D eigenvalue weighted by Crippen LogP contribution is 2.38. The molecule has 0 unspecified atom stereocenters. The number of thiazole rings is 1. The average molecular weight is 605 g/mol. The molecule has 2 fully saturated rings. The van der Waals surface area contributed by atoms with Crippen LogP contribution in [0.2, 0.25) is 0 Å². The summed E-state index contributed by atoms with van der Waals surface area (Å²) in [5.41, 5.74) is 5.05. The van der Waals surface area contributed by atoms with E-state index in [1.807, 2.05) is 24.3 Å². The molecule has 0 atom stereocenters. The van der Waals surface area contributed by atoms with E-state index in [-0.39, 0.29) is 10.6 Å². The Labute approximate surface area is 249 Å². The van der Waals surface area contributed by atoms with Crippen molar-refractivity contribution in [2.75, 3.05) is 6.26 Å². The van der Waals surface area contributed by atoms with Gasteiger partial charge in [0.15, 0.2) is 5.69 Å². The molecule has 42 heavy (non-hydrogen) atoms. The van der Waals surface area contributed by atoms with Crippen molar-refractivity contribution in [1.29, 1.82) is 0 Å². The van der Waals surface area contributed by atoms with E-state index in [4.69, 9.17) is 10.2 Å². The molecule has 7 nitrogen and oxygen atoms in total. The summed E-state index contributed by atoms with van der Waals surface area (Å²) in [4.78, 5) is 16.0. The number of nitrogens with zero attached hydrogens (tertiary/aromatic N) is 3. The Morgan fingerprint density at radius 1 is 1.19 bits per heavy atom. The van der Waals surface area contributed by atoms with Crippen molar-refractivity contribution in [1.82, 2.24) is 14.8 Å². The summed E-state index contributed by atoms with van der Waals surface area (Å²) in [5.74, 6) is 6.04. The topological polar surface area (TPSA) is 111 Å². The highest BCUT2D eigenvalue weighted by atomic mass is 32.3. The number of halogens is 1. The van der Waals surface area contributed by atoms with Gasteiger partial charge < -0.3 is 5.11 Å². The summed E-state index contributed by atoms with van der Waals surface area (Å²) >= 11 is 1.23. The largest absolute Gasteiger partial charge is 0.476 e. The molecule has 3 N–H and O–H groups in total. The number of rotatable bonds is 8. The predicted octanol–water partition coefficient (Wildman–Crippen LogP) is 5.80. The second-order valence-corrected chi connectivity index (χ2v) is 14.7. The van der Waals surface area contributed by atoms with Crippen LogP contribution in [0.25, 0.3) is 16.4 Å². The van der Waals surface area contributed by atoms with Gasteiger partial charge in [0, 0.05) is 40.7 Å². The van der Waals surface area contributed by atoms with Gasteiger partial charge >= 0.3 is 5.97 Å². The van der Waals surface area contributed by atoms with E-state index in [1.165, 1.54) is 47.9 Å². The maximum absolute atomic E-state index is 15.1. The zero-order chi connectivity index (χ0) is 29.4. The smallest absolute Gasteiger partial charge is 0.355 e. The lowest BCUT2D eigenvalue weighted by Crippen LogP contribution is -2.22. The fourth-order valence-electron chi connectivity index (χ4n) is 5.55. The third-order valence-electron chi connectivity index (χ3n) is 7.94. The third-order valence-corrected chi connectivity index (χ3v) is 10.1. The molecular formula is C32H33FN4O3S2. The zero-order valence-corrected chi connectivity index (χ0v) is 25.1. The molecule has 6 rings (SSSR count). The second-order valence-electron chi connectivity index (χ2n) is 11.4. The maximum atomic E-state index is 15.1. The van der Waals surface area contributed by atoms with Crippen LogP contribution in [0, 0.1) is 29.5 Å². The molecule has 10 heteroatoms. The first-order valence-electron chi connectivity index (χ1n) is 14.2. The first-order chi connectivity index (χ1) is 20.2. The Morgan fingerprint density at radius 3 is 2.64 bits per heavy atom. The maximum Gasteiger partial charge on any atom is 0.355 e. The van der Waals surface area contributed by atoms with Gasteiger partial charge in [-0.1, -0.05) is 42.9 Å². The molecule has 2 aliphatic rings. The van der Waals surface area contributed by atoms with Gasteiger partial charge in [-0.05, 0) is 78.0 Å². The Bertz CT molecular complexity index is 1770. The number of carboxylic acid groups (broad SMARTS) is 1. The molecule has 2 aromatic carbocycles. The Hall–Kier alpha value is -3.65. The standard InChI is InChI=1S/C32H33FN4O3S2/c1-42(34,40)29-14-13-23(17-26(29)33)16-25-28(18-22-11-12-22)37(32-35-27(19-41-32)31(38)39)36-30(25)24-8-4-7-21(15-24)10-9-20-5-2-3-6-20/h4,7-8,13-15,17,19-20,22,42H,2-3,5-6,11-12,16,18H2,1H3,(H2,34,40)(H,38,39). The van der Waals surface area contributed by atoms with Gasteiger partial charge in [0.05, 0.1) is 16.3 Å². The zero-order valence-electron chi connectivity index (χ0n) is 23.3. The lowest BCUT2D eigenvalue weighted by atomic mass is 9.96. The van der Waals surface area contributed by atoms with Gasteiger partial charge in [-0.15, -0.1) is 11.3 Å². The number of carbonyl (C=O) groups is 1. The lowest BCUT2D eigenvalue weighted by molar-refractivity contribution is 0.0691. The van der Waals surface area contributed by atoms with E-state index in [0.29, 0.717) is 29.0 Å². The van der Waals surface area contributed by atoms with Crippen molar-refractivity contribution < 1.29 is 18.5 Å². The highest BCUT2D eigenvalue weighted by molar-refractivity contribution is 8.00. The first-order valence-corrected chi connectivity index (χ1v) is 17.3. The molecule has 0 aliphatic heterocycles. The number of hydrogen-bond acceptors (Lipinski definition) is 5. The summed E-state index contributed by atoms with van der Waals surface area (Å²) in [5, 5.41) is 22.3. The van der Waals surface area contributed by atoms with Gasteiger partial charge in [-0.3, -0.25) is 9.35 Å². The summed E-state index contributed by atoms with van der Waals surface area (Å²) in [7, 11) is -3.26. The van der Waals surface area contributed by atoms with Gasteiger partial charge in [0.25, 0.3) is 0 Å². The molecular weight excluding hydrogens is 572 g/mol. The monoisotopic (exact) mass is 604 g/mol. The van der Waals surface area contributed by atoms with E-state index in [2.05, 4.69) is 16.8 Å². The fourth-order valence-corrected chi connectivity index (χ4v) is 7.18. The molecule has 218 valence electrons. The lowest BCUT2D eigenvalue weighted by Gasteiger charge is -2.15. The highest BCUT2D eigenvalue weighted by Gasteiger charge is 2.29. The summed E-state index contributed by atoms with van der Waals surface area (Å²) in [6, 6.07) is 12.7. The number of nitrogens with two attached hydrogens (primary N) is 1. The van der Waals surface area contributed by atoms with Crippen LogP contribution in [-0.4, -0.2) is 36.3 Å². The van der Waals surface area contributed by atoms with Gasteiger partial charge in [-0.25, -0.2) is 18.9 Å². The van der Waals surface area contributed by atoms with Crippen molar-refractivity contribution in [3.63, 3.8) is 0 Å². The minimum Gasteiger partial charge on any atom is -0.476 e. The SMILES string of the molecule is C[SH](N)(=O)c1ccc(Cc2c(-c3cccc(C#CC4CCCC4)c3)nn(-c3nc(C(=O)O)cs3)c2CC2CC2)cc1F. The first kappa shape index (κ1) is 28.5. The van der Waals surface area contributed by atoms with Crippen molar-refractivity contribution in [3.05, 3.63) is 81.7 Å².